The van der Waals surface area contributed by atoms with Gasteiger partial charge in [0.25, 0.3) is 0 Å². The molecule has 0 aromatic carbocycles. The number of hydrogen-bond donors (Lipinski definition) is 2. The Morgan fingerprint density at radius 3 is 2.94 bits per heavy atom. The number of ether oxygens (including phenoxy) is 1. The number of thiazole rings is 1. The number of aromatic nitrogens is 1. The SMILES string of the molecule is CCCNC(=O)CNc1nc(CC(=O)OC)cs1. The van der Waals surface area contributed by atoms with E-state index in [2.05, 4.69) is 20.4 Å². The third kappa shape index (κ3) is 5.13. The molecule has 7 heteroatoms. The molecule has 0 bridgehead atoms. The van der Waals surface area contributed by atoms with Gasteiger partial charge in [0.2, 0.25) is 5.91 Å². The molecule has 18 heavy (non-hydrogen) atoms. The van der Waals surface area contributed by atoms with Crippen LogP contribution in [0, 0.1) is 0 Å². The summed E-state index contributed by atoms with van der Waals surface area (Å²) in [6.45, 7) is 2.85. The molecule has 6 nitrogen and oxygen atoms in total. The number of esters is 1. The molecule has 0 aliphatic heterocycles. The van der Waals surface area contributed by atoms with Crippen molar-refractivity contribution >= 4 is 28.3 Å². The Morgan fingerprint density at radius 1 is 1.50 bits per heavy atom. The number of carbonyl (C=O) groups excluding carboxylic acids is 2. The van der Waals surface area contributed by atoms with Gasteiger partial charge in [-0.05, 0) is 6.42 Å². The van der Waals surface area contributed by atoms with Crippen molar-refractivity contribution in [2.24, 2.45) is 0 Å². The molecular weight excluding hydrogens is 254 g/mol. The van der Waals surface area contributed by atoms with Gasteiger partial charge in [-0.25, -0.2) is 4.98 Å². The Hall–Kier alpha value is -1.63. The quantitative estimate of drug-likeness (QED) is 0.717. The molecule has 0 radical (unpaired) electrons. The molecule has 1 rings (SSSR count). The van der Waals surface area contributed by atoms with E-state index in [1.165, 1.54) is 18.4 Å². The van der Waals surface area contributed by atoms with E-state index >= 15 is 0 Å². The molecule has 0 aliphatic rings. The smallest absolute Gasteiger partial charge is 0.311 e. The van der Waals surface area contributed by atoms with E-state index in [0.717, 1.165) is 6.42 Å². The van der Waals surface area contributed by atoms with E-state index in [1.54, 1.807) is 5.38 Å². The second kappa shape index (κ2) is 7.65. The molecule has 0 atom stereocenters. The number of amides is 1. The number of hydrogen-bond acceptors (Lipinski definition) is 6. The van der Waals surface area contributed by atoms with Crippen molar-refractivity contribution in [2.45, 2.75) is 19.8 Å². The molecule has 0 unspecified atom stereocenters. The second-order valence-electron chi connectivity index (χ2n) is 3.60. The lowest BCUT2D eigenvalue weighted by atomic mass is 10.3. The van der Waals surface area contributed by atoms with E-state index in [4.69, 9.17) is 0 Å². The van der Waals surface area contributed by atoms with Crippen LogP contribution in [0.5, 0.6) is 0 Å². The van der Waals surface area contributed by atoms with Gasteiger partial charge in [-0.1, -0.05) is 6.92 Å². The zero-order valence-electron chi connectivity index (χ0n) is 10.5. The maximum absolute atomic E-state index is 11.3. The average molecular weight is 271 g/mol. The van der Waals surface area contributed by atoms with Gasteiger partial charge >= 0.3 is 5.97 Å². The molecule has 0 aliphatic carbocycles. The first-order valence-electron chi connectivity index (χ1n) is 5.67. The Bertz CT molecular complexity index is 406. The molecular formula is C11H17N3O3S. The van der Waals surface area contributed by atoms with Gasteiger partial charge < -0.3 is 15.4 Å². The lowest BCUT2D eigenvalue weighted by Gasteiger charge is -2.03. The van der Waals surface area contributed by atoms with Crippen LogP contribution in [0.2, 0.25) is 0 Å². The second-order valence-corrected chi connectivity index (χ2v) is 4.46. The summed E-state index contributed by atoms with van der Waals surface area (Å²) in [6, 6.07) is 0. The highest BCUT2D eigenvalue weighted by Crippen LogP contribution is 2.15. The van der Waals surface area contributed by atoms with Crippen molar-refractivity contribution in [1.29, 1.82) is 0 Å². The molecule has 0 saturated carbocycles. The first-order valence-corrected chi connectivity index (χ1v) is 6.55. The highest BCUT2D eigenvalue weighted by atomic mass is 32.1. The number of anilines is 1. The summed E-state index contributed by atoms with van der Waals surface area (Å²) in [4.78, 5) is 26.5. The van der Waals surface area contributed by atoms with Gasteiger partial charge in [0.15, 0.2) is 5.13 Å². The van der Waals surface area contributed by atoms with E-state index in [-0.39, 0.29) is 24.8 Å². The predicted octanol–water partition coefficient (Wildman–Crippen LogP) is 0.797. The highest BCUT2D eigenvalue weighted by molar-refractivity contribution is 7.13. The molecule has 2 N–H and O–H groups in total. The minimum absolute atomic E-state index is 0.0680. The highest BCUT2D eigenvalue weighted by Gasteiger charge is 2.08. The lowest BCUT2D eigenvalue weighted by Crippen LogP contribution is -2.30. The Morgan fingerprint density at radius 2 is 2.28 bits per heavy atom. The van der Waals surface area contributed by atoms with Gasteiger partial charge in [-0.15, -0.1) is 11.3 Å². The molecule has 0 saturated heterocycles. The molecule has 1 aromatic heterocycles. The maximum atomic E-state index is 11.3. The van der Waals surface area contributed by atoms with Crippen LogP contribution in [0.3, 0.4) is 0 Å². The minimum atomic E-state index is -0.326. The summed E-state index contributed by atoms with van der Waals surface area (Å²) in [5.74, 6) is -0.394. The fraction of sp³-hybridized carbons (Fsp3) is 0.545. The first-order chi connectivity index (χ1) is 8.65. The van der Waals surface area contributed by atoms with Gasteiger partial charge in [-0.2, -0.15) is 0 Å². The maximum Gasteiger partial charge on any atom is 0.311 e. The van der Waals surface area contributed by atoms with Gasteiger partial charge in [0.1, 0.15) is 0 Å². The zero-order chi connectivity index (χ0) is 13.4. The normalized spacial score (nSPS) is 9.89. The molecule has 0 fully saturated rings. The Labute approximate surface area is 110 Å². The first kappa shape index (κ1) is 14.4. The van der Waals surface area contributed by atoms with Gasteiger partial charge in [-0.3, -0.25) is 9.59 Å². The number of carbonyl (C=O) groups is 2. The van der Waals surface area contributed by atoms with Gasteiger partial charge in [0, 0.05) is 11.9 Å². The third-order valence-corrected chi connectivity index (χ3v) is 2.93. The van der Waals surface area contributed by atoms with Crippen molar-refractivity contribution in [1.82, 2.24) is 10.3 Å². The van der Waals surface area contributed by atoms with Crippen LogP contribution in [0.4, 0.5) is 5.13 Å². The van der Waals surface area contributed by atoms with Crippen LogP contribution in [0.25, 0.3) is 0 Å². The van der Waals surface area contributed by atoms with Crippen molar-refractivity contribution in [3.63, 3.8) is 0 Å². The zero-order valence-corrected chi connectivity index (χ0v) is 11.3. The van der Waals surface area contributed by atoms with E-state index < -0.39 is 0 Å². The standard InChI is InChI=1S/C11H17N3O3S/c1-3-4-12-9(15)6-13-11-14-8(7-18-11)5-10(16)17-2/h7H,3-6H2,1-2H3,(H,12,15)(H,13,14). The van der Waals surface area contributed by atoms with Gasteiger partial charge in [0.05, 0.1) is 25.8 Å². The number of nitrogens with one attached hydrogen (secondary N) is 2. The summed E-state index contributed by atoms with van der Waals surface area (Å²) < 4.78 is 4.55. The fourth-order valence-corrected chi connectivity index (χ4v) is 1.88. The van der Waals surface area contributed by atoms with Crippen LogP contribution in [-0.4, -0.2) is 37.1 Å². The summed E-state index contributed by atoms with van der Waals surface area (Å²) in [7, 11) is 1.34. The molecule has 100 valence electrons. The third-order valence-electron chi connectivity index (χ3n) is 2.08. The Kier molecular flexibility index (Phi) is 6.13. The number of rotatable bonds is 7. The molecule has 0 spiro atoms. The molecule has 1 aromatic rings. The van der Waals surface area contributed by atoms with E-state index in [0.29, 0.717) is 17.4 Å². The monoisotopic (exact) mass is 271 g/mol. The number of methoxy groups -OCH3 is 1. The summed E-state index contributed by atoms with van der Waals surface area (Å²) in [6.07, 6.45) is 1.06. The summed E-state index contributed by atoms with van der Waals surface area (Å²) in [5.41, 5.74) is 0.642. The lowest BCUT2D eigenvalue weighted by molar-refractivity contribution is -0.139. The molecule has 1 heterocycles. The topological polar surface area (TPSA) is 80.3 Å². The largest absolute Gasteiger partial charge is 0.469 e. The fourth-order valence-electron chi connectivity index (χ4n) is 1.17. The van der Waals surface area contributed by atoms with Crippen LogP contribution >= 0.6 is 11.3 Å². The Balaban J connectivity index is 2.35. The minimum Gasteiger partial charge on any atom is -0.469 e. The van der Waals surface area contributed by atoms with Crippen LogP contribution in [0.1, 0.15) is 19.0 Å². The van der Waals surface area contributed by atoms with Crippen molar-refractivity contribution in [2.75, 3.05) is 25.5 Å². The van der Waals surface area contributed by atoms with Crippen molar-refractivity contribution in [3.05, 3.63) is 11.1 Å². The van der Waals surface area contributed by atoms with Crippen LogP contribution in [-0.2, 0) is 20.7 Å². The van der Waals surface area contributed by atoms with E-state index in [1.807, 2.05) is 6.92 Å². The van der Waals surface area contributed by atoms with E-state index in [9.17, 15) is 9.59 Å². The molecule has 1 amide bonds. The van der Waals surface area contributed by atoms with Crippen LogP contribution < -0.4 is 10.6 Å². The summed E-state index contributed by atoms with van der Waals surface area (Å²) in [5, 5.41) is 8.05. The average Bonchev–Trinajstić information content (AvgIpc) is 2.81. The predicted molar refractivity (Wildman–Crippen MR) is 69.6 cm³/mol. The van der Waals surface area contributed by atoms with Crippen molar-refractivity contribution < 1.29 is 14.3 Å². The summed E-state index contributed by atoms with van der Waals surface area (Å²) >= 11 is 1.36. The number of nitrogens with zero attached hydrogens (tertiary/aromatic N) is 1. The van der Waals surface area contributed by atoms with Crippen molar-refractivity contribution in [3.8, 4) is 0 Å². The van der Waals surface area contributed by atoms with Crippen LogP contribution in [0.15, 0.2) is 5.38 Å².